The first-order valence-electron chi connectivity index (χ1n) is 7.04. The zero-order valence-corrected chi connectivity index (χ0v) is 11.9. The van der Waals surface area contributed by atoms with Gasteiger partial charge >= 0.3 is 0 Å². The van der Waals surface area contributed by atoms with Crippen molar-refractivity contribution in [1.29, 1.82) is 0 Å². The van der Waals surface area contributed by atoms with Gasteiger partial charge in [-0.25, -0.2) is 8.42 Å². The molecule has 1 heterocycles. The summed E-state index contributed by atoms with van der Waals surface area (Å²) in [6, 6.07) is 7.97. The second-order valence-corrected chi connectivity index (χ2v) is 7.77. The lowest BCUT2D eigenvalue weighted by Gasteiger charge is -2.12. The van der Waals surface area contributed by atoms with Crippen molar-refractivity contribution in [3.63, 3.8) is 0 Å². The first kappa shape index (κ1) is 13.1. The van der Waals surface area contributed by atoms with Crippen LogP contribution in [0.3, 0.4) is 0 Å². The zero-order valence-electron chi connectivity index (χ0n) is 11.0. The lowest BCUT2D eigenvalue weighted by molar-refractivity contribution is 0.127. The molecule has 1 saturated heterocycles. The zero-order chi connectivity index (χ0) is 13.3. The molecule has 1 saturated carbocycles. The molecule has 0 spiro atoms. The van der Waals surface area contributed by atoms with Crippen LogP contribution in [0.25, 0.3) is 0 Å². The van der Waals surface area contributed by atoms with Crippen LogP contribution >= 0.6 is 0 Å². The predicted molar refractivity (Wildman–Crippen MR) is 74.9 cm³/mol. The highest BCUT2D eigenvalue weighted by molar-refractivity contribution is 7.90. The molecule has 19 heavy (non-hydrogen) atoms. The number of ether oxygens (including phenoxy) is 1. The molecule has 0 unspecified atom stereocenters. The Morgan fingerprint density at radius 1 is 1.16 bits per heavy atom. The Morgan fingerprint density at radius 2 is 1.95 bits per heavy atom. The average Bonchev–Trinajstić information content (AvgIpc) is 3.08. The Bertz CT molecular complexity index is 540. The van der Waals surface area contributed by atoms with E-state index in [0.717, 1.165) is 18.4 Å². The van der Waals surface area contributed by atoms with E-state index in [2.05, 4.69) is 6.07 Å². The summed E-state index contributed by atoms with van der Waals surface area (Å²) in [5.41, 5.74) is 2.22. The summed E-state index contributed by atoms with van der Waals surface area (Å²) in [4.78, 5) is 0. The van der Waals surface area contributed by atoms with E-state index in [1.807, 2.05) is 18.2 Å². The van der Waals surface area contributed by atoms with Crippen molar-refractivity contribution >= 4 is 9.84 Å². The van der Waals surface area contributed by atoms with Crippen molar-refractivity contribution in [2.75, 3.05) is 12.4 Å². The van der Waals surface area contributed by atoms with Crippen molar-refractivity contribution < 1.29 is 13.2 Å². The van der Waals surface area contributed by atoms with Crippen LogP contribution in [0.1, 0.15) is 42.7 Å². The maximum Gasteiger partial charge on any atom is 0.156 e. The molecule has 0 amide bonds. The van der Waals surface area contributed by atoms with E-state index < -0.39 is 9.84 Å². The smallest absolute Gasteiger partial charge is 0.156 e. The van der Waals surface area contributed by atoms with Crippen molar-refractivity contribution in [3.05, 3.63) is 35.4 Å². The lowest BCUT2D eigenvalue weighted by atomic mass is 10.1. The molecular weight excluding hydrogens is 260 g/mol. The minimum Gasteiger partial charge on any atom is -0.377 e. The fraction of sp³-hybridized carbons (Fsp3) is 0.600. The molecule has 0 aromatic heterocycles. The van der Waals surface area contributed by atoms with E-state index in [1.165, 1.54) is 18.4 Å². The van der Waals surface area contributed by atoms with Gasteiger partial charge in [0.25, 0.3) is 0 Å². The third-order valence-electron chi connectivity index (χ3n) is 3.91. The highest BCUT2D eigenvalue weighted by Gasteiger charge is 2.28. The van der Waals surface area contributed by atoms with Crippen LogP contribution in [0, 0.1) is 0 Å². The van der Waals surface area contributed by atoms with Crippen LogP contribution < -0.4 is 0 Å². The normalized spacial score (nSPS) is 23.7. The minimum atomic E-state index is -3.07. The summed E-state index contributed by atoms with van der Waals surface area (Å²) in [5, 5.41) is 0. The van der Waals surface area contributed by atoms with Crippen molar-refractivity contribution in [2.24, 2.45) is 0 Å². The van der Waals surface area contributed by atoms with Crippen molar-refractivity contribution in [3.8, 4) is 0 Å². The van der Waals surface area contributed by atoms with Crippen LogP contribution in [-0.2, 0) is 20.3 Å². The number of rotatable bonds is 5. The second-order valence-electron chi connectivity index (χ2n) is 5.66. The van der Waals surface area contributed by atoms with Crippen LogP contribution in [0.5, 0.6) is 0 Å². The van der Waals surface area contributed by atoms with Gasteiger partial charge in [0.2, 0.25) is 0 Å². The molecule has 2 aliphatic rings. The molecule has 3 nitrogen and oxygen atoms in total. The average molecular weight is 280 g/mol. The van der Waals surface area contributed by atoms with Crippen LogP contribution in [0.2, 0.25) is 0 Å². The fourth-order valence-corrected chi connectivity index (χ4v) is 4.50. The molecule has 1 atom stereocenters. The molecule has 0 radical (unpaired) electrons. The second kappa shape index (κ2) is 5.25. The van der Waals surface area contributed by atoms with Crippen LogP contribution in [0.15, 0.2) is 24.3 Å². The molecule has 0 N–H and O–H groups in total. The molecule has 104 valence electrons. The standard InChI is InChI=1S/C15H20O3S/c16-19(17,11-14-5-3-9-18-14)10-13-4-1-2-6-15(13)12-7-8-12/h1-2,4,6,12,14H,3,5,7-11H2/t14-/m0/s1. The summed E-state index contributed by atoms with van der Waals surface area (Å²) in [7, 11) is -3.07. The summed E-state index contributed by atoms with van der Waals surface area (Å²) in [6.45, 7) is 0.707. The molecule has 2 fully saturated rings. The monoisotopic (exact) mass is 280 g/mol. The van der Waals surface area contributed by atoms with Gasteiger partial charge in [-0.1, -0.05) is 24.3 Å². The third-order valence-corrected chi connectivity index (χ3v) is 5.54. The molecule has 4 heteroatoms. The van der Waals surface area contributed by atoms with Crippen LogP contribution in [-0.4, -0.2) is 26.9 Å². The first-order valence-corrected chi connectivity index (χ1v) is 8.86. The number of benzene rings is 1. The summed E-state index contributed by atoms with van der Waals surface area (Å²) >= 11 is 0. The van der Waals surface area contributed by atoms with Gasteiger partial charge in [0.1, 0.15) is 0 Å². The Morgan fingerprint density at radius 3 is 2.63 bits per heavy atom. The van der Waals surface area contributed by atoms with E-state index in [1.54, 1.807) is 0 Å². The number of sulfone groups is 1. The quantitative estimate of drug-likeness (QED) is 0.833. The topological polar surface area (TPSA) is 43.4 Å². The Kier molecular flexibility index (Phi) is 3.63. The third kappa shape index (κ3) is 3.37. The van der Waals surface area contributed by atoms with Gasteiger partial charge in [-0.3, -0.25) is 0 Å². The lowest BCUT2D eigenvalue weighted by Crippen LogP contribution is -2.21. The van der Waals surface area contributed by atoms with E-state index in [4.69, 9.17) is 4.74 Å². The Labute approximate surface area is 114 Å². The molecule has 1 aliphatic heterocycles. The maximum atomic E-state index is 12.3. The molecular formula is C15H20O3S. The first-order chi connectivity index (χ1) is 9.14. The summed E-state index contributed by atoms with van der Waals surface area (Å²) in [5.74, 6) is 0.931. The molecule has 1 aromatic rings. The highest BCUT2D eigenvalue weighted by Crippen LogP contribution is 2.42. The van der Waals surface area contributed by atoms with Gasteiger partial charge in [-0.05, 0) is 42.7 Å². The highest BCUT2D eigenvalue weighted by atomic mass is 32.2. The van der Waals surface area contributed by atoms with E-state index in [0.29, 0.717) is 12.5 Å². The van der Waals surface area contributed by atoms with Crippen molar-refractivity contribution in [1.82, 2.24) is 0 Å². The van der Waals surface area contributed by atoms with Gasteiger partial charge in [0.15, 0.2) is 9.84 Å². The van der Waals surface area contributed by atoms with Gasteiger partial charge in [0, 0.05) is 6.61 Å². The summed E-state index contributed by atoms with van der Waals surface area (Å²) in [6.07, 6.45) is 4.17. The molecule has 1 aliphatic carbocycles. The largest absolute Gasteiger partial charge is 0.377 e. The fourth-order valence-electron chi connectivity index (χ4n) is 2.81. The summed E-state index contributed by atoms with van der Waals surface area (Å²) < 4.78 is 30.0. The van der Waals surface area contributed by atoms with E-state index in [-0.39, 0.29) is 17.6 Å². The SMILES string of the molecule is O=S(=O)(Cc1ccccc1C1CC1)C[C@@H]1CCCO1. The Hall–Kier alpha value is -0.870. The molecule has 1 aromatic carbocycles. The van der Waals surface area contributed by atoms with Gasteiger partial charge < -0.3 is 4.74 Å². The number of hydrogen-bond acceptors (Lipinski definition) is 3. The minimum absolute atomic E-state index is 0.0851. The molecule has 0 bridgehead atoms. The maximum absolute atomic E-state index is 12.3. The number of hydrogen-bond donors (Lipinski definition) is 0. The van der Waals surface area contributed by atoms with Crippen LogP contribution in [0.4, 0.5) is 0 Å². The van der Waals surface area contributed by atoms with Gasteiger partial charge in [0.05, 0.1) is 17.6 Å². The van der Waals surface area contributed by atoms with E-state index >= 15 is 0 Å². The molecule has 3 rings (SSSR count). The van der Waals surface area contributed by atoms with E-state index in [9.17, 15) is 8.42 Å². The van der Waals surface area contributed by atoms with Crippen molar-refractivity contribution in [2.45, 2.75) is 43.5 Å². The van der Waals surface area contributed by atoms with Gasteiger partial charge in [-0.2, -0.15) is 0 Å². The Balaban J connectivity index is 1.72. The van der Waals surface area contributed by atoms with Gasteiger partial charge in [-0.15, -0.1) is 0 Å². The predicted octanol–water partition coefficient (Wildman–Crippen LogP) is 2.66.